The van der Waals surface area contributed by atoms with Gasteiger partial charge in [-0.05, 0) is 46.8 Å². The van der Waals surface area contributed by atoms with E-state index in [1.165, 1.54) is 17.0 Å². The van der Waals surface area contributed by atoms with Crippen LogP contribution in [-0.2, 0) is 4.79 Å². The van der Waals surface area contributed by atoms with Crippen LogP contribution in [0.5, 0.6) is 0 Å². The number of amides is 1. The third kappa shape index (κ3) is 2.71. The van der Waals surface area contributed by atoms with Gasteiger partial charge in [-0.25, -0.2) is 4.39 Å². The Morgan fingerprint density at radius 2 is 2.00 bits per heavy atom. The van der Waals surface area contributed by atoms with Gasteiger partial charge in [0, 0.05) is 6.54 Å². The standard InChI is InChI=1S/C14H15BrFNO2/c1-8(2)4-3-5-17-12-7-11(16)10(15)6-9(12)13(18)14(17)19/h6-8H,3-5H2,1-2H3. The summed E-state index contributed by atoms with van der Waals surface area (Å²) in [6, 6.07) is 2.63. The average Bonchev–Trinajstić information content (AvgIpc) is 2.55. The van der Waals surface area contributed by atoms with Crippen molar-refractivity contribution in [1.82, 2.24) is 0 Å². The van der Waals surface area contributed by atoms with Gasteiger partial charge in [-0.2, -0.15) is 0 Å². The highest BCUT2D eigenvalue weighted by molar-refractivity contribution is 9.10. The maximum absolute atomic E-state index is 13.6. The van der Waals surface area contributed by atoms with E-state index in [9.17, 15) is 14.0 Å². The van der Waals surface area contributed by atoms with Gasteiger partial charge < -0.3 is 4.90 Å². The van der Waals surface area contributed by atoms with Crippen molar-refractivity contribution in [3.8, 4) is 0 Å². The van der Waals surface area contributed by atoms with Crippen LogP contribution in [0.2, 0.25) is 0 Å². The highest BCUT2D eigenvalue weighted by atomic mass is 79.9. The lowest BCUT2D eigenvalue weighted by Crippen LogP contribution is -2.30. The summed E-state index contributed by atoms with van der Waals surface area (Å²) in [5.74, 6) is -1.04. The van der Waals surface area contributed by atoms with E-state index in [1.54, 1.807) is 0 Å². The molecule has 1 aliphatic heterocycles. The lowest BCUT2D eigenvalue weighted by Gasteiger charge is -2.17. The zero-order valence-corrected chi connectivity index (χ0v) is 12.5. The van der Waals surface area contributed by atoms with Gasteiger partial charge in [0.25, 0.3) is 11.7 Å². The molecule has 5 heteroatoms. The van der Waals surface area contributed by atoms with E-state index in [1.807, 2.05) is 0 Å². The van der Waals surface area contributed by atoms with Gasteiger partial charge in [0.05, 0.1) is 15.7 Å². The Hall–Kier alpha value is -1.23. The molecule has 2 rings (SSSR count). The second-order valence-corrected chi connectivity index (χ2v) is 5.96. The molecule has 102 valence electrons. The van der Waals surface area contributed by atoms with Crippen LogP contribution in [0.25, 0.3) is 0 Å². The average molecular weight is 328 g/mol. The SMILES string of the molecule is CC(C)CCCN1C(=O)C(=O)c2cc(Br)c(F)cc21. The maximum Gasteiger partial charge on any atom is 0.299 e. The summed E-state index contributed by atoms with van der Waals surface area (Å²) in [5, 5.41) is 0. The highest BCUT2D eigenvalue weighted by Crippen LogP contribution is 2.33. The van der Waals surface area contributed by atoms with Crippen molar-refractivity contribution in [1.29, 1.82) is 0 Å². The fraction of sp³-hybridized carbons (Fsp3) is 0.429. The van der Waals surface area contributed by atoms with Crippen molar-refractivity contribution in [3.05, 3.63) is 28.0 Å². The number of nitrogens with zero attached hydrogens (tertiary/aromatic N) is 1. The van der Waals surface area contributed by atoms with E-state index in [2.05, 4.69) is 29.8 Å². The molecule has 19 heavy (non-hydrogen) atoms. The lowest BCUT2D eigenvalue weighted by atomic mass is 10.1. The number of hydrogen-bond donors (Lipinski definition) is 0. The predicted molar refractivity (Wildman–Crippen MR) is 74.9 cm³/mol. The number of halogens is 2. The molecule has 1 amide bonds. The molecule has 0 aliphatic carbocycles. The topological polar surface area (TPSA) is 37.4 Å². The number of ketones is 1. The second-order valence-electron chi connectivity index (χ2n) is 5.11. The van der Waals surface area contributed by atoms with Crippen LogP contribution in [-0.4, -0.2) is 18.2 Å². The predicted octanol–water partition coefficient (Wildman–Crippen LogP) is 3.55. The van der Waals surface area contributed by atoms with Crippen molar-refractivity contribution in [2.24, 2.45) is 5.92 Å². The first-order valence-corrected chi connectivity index (χ1v) is 7.06. The smallest absolute Gasteiger partial charge is 0.299 e. The molecule has 3 nitrogen and oxygen atoms in total. The molecule has 0 fully saturated rings. The minimum absolute atomic E-state index is 0.205. The molecular formula is C14H15BrFNO2. The molecule has 0 spiro atoms. The zero-order chi connectivity index (χ0) is 14.2. The summed E-state index contributed by atoms with van der Waals surface area (Å²) in [6.07, 6.45) is 1.76. The van der Waals surface area contributed by atoms with Crippen molar-refractivity contribution in [2.45, 2.75) is 26.7 Å². The molecule has 1 aromatic rings. The minimum Gasteiger partial charge on any atom is -0.305 e. The van der Waals surface area contributed by atoms with Crippen molar-refractivity contribution in [3.63, 3.8) is 0 Å². The molecule has 1 aromatic carbocycles. The van der Waals surface area contributed by atoms with Gasteiger partial charge in [0.2, 0.25) is 0 Å². The number of hydrogen-bond acceptors (Lipinski definition) is 2. The first-order chi connectivity index (χ1) is 8.91. The number of anilines is 1. The fourth-order valence-corrected chi connectivity index (χ4v) is 2.51. The minimum atomic E-state index is -0.559. The van der Waals surface area contributed by atoms with Gasteiger partial charge in [0.1, 0.15) is 5.82 Å². The van der Waals surface area contributed by atoms with Crippen LogP contribution in [0.1, 0.15) is 37.0 Å². The van der Waals surface area contributed by atoms with E-state index < -0.39 is 17.5 Å². The van der Waals surface area contributed by atoms with Crippen LogP contribution >= 0.6 is 15.9 Å². The molecule has 0 saturated heterocycles. The lowest BCUT2D eigenvalue weighted by molar-refractivity contribution is -0.114. The Morgan fingerprint density at radius 1 is 1.32 bits per heavy atom. The molecule has 0 saturated carbocycles. The van der Waals surface area contributed by atoms with Crippen LogP contribution in [0.15, 0.2) is 16.6 Å². The van der Waals surface area contributed by atoms with Crippen LogP contribution < -0.4 is 4.90 Å². The molecule has 0 unspecified atom stereocenters. The number of rotatable bonds is 4. The molecular weight excluding hydrogens is 313 g/mol. The number of Topliss-reactive ketones (excluding diaryl/α,β-unsaturated/α-hetero) is 1. The van der Waals surface area contributed by atoms with E-state index in [0.29, 0.717) is 18.2 Å². The summed E-state index contributed by atoms with van der Waals surface area (Å²) in [4.78, 5) is 25.1. The maximum atomic E-state index is 13.6. The van der Waals surface area contributed by atoms with Crippen LogP contribution in [0.3, 0.4) is 0 Å². The Bertz CT molecular complexity index is 542. The monoisotopic (exact) mass is 327 g/mol. The quantitative estimate of drug-likeness (QED) is 0.793. The van der Waals surface area contributed by atoms with Crippen molar-refractivity contribution >= 4 is 33.3 Å². The summed E-state index contributed by atoms with van der Waals surface area (Å²) in [7, 11) is 0. The Morgan fingerprint density at radius 3 is 2.63 bits per heavy atom. The molecule has 1 aliphatic rings. The molecule has 0 atom stereocenters. The summed E-state index contributed by atoms with van der Waals surface area (Å²) >= 11 is 3.03. The van der Waals surface area contributed by atoms with Gasteiger partial charge >= 0.3 is 0 Å². The fourth-order valence-electron chi connectivity index (χ4n) is 2.17. The summed E-state index contributed by atoms with van der Waals surface area (Å²) in [6.45, 7) is 4.65. The third-order valence-electron chi connectivity index (χ3n) is 3.18. The largest absolute Gasteiger partial charge is 0.305 e. The summed E-state index contributed by atoms with van der Waals surface area (Å²) in [5.41, 5.74) is 0.669. The Kier molecular flexibility index (Phi) is 4.04. The zero-order valence-electron chi connectivity index (χ0n) is 10.9. The number of carbonyl (C=O) groups excluding carboxylic acids is 2. The first kappa shape index (κ1) is 14.2. The van der Waals surface area contributed by atoms with Gasteiger partial charge in [-0.1, -0.05) is 13.8 Å². The highest BCUT2D eigenvalue weighted by Gasteiger charge is 2.36. The van der Waals surface area contributed by atoms with Crippen molar-refractivity contribution < 1.29 is 14.0 Å². The molecule has 1 heterocycles. The van der Waals surface area contributed by atoms with Crippen molar-refractivity contribution in [2.75, 3.05) is 11.4 Å². The van der Waals surface area contributed by atoms with E-state index in [4.69, 9.17) is 0 Å². The van der Waals surface area contributed by atoms with Gasteiger partial charge in [-0.15, -0.1) is 0 Å². The van der Waals surface area contributed by atoms with Crippen LogP contribution in [0.4, 0.5) is 10.1 Å². The summed E-state index contributed by atoms with van der Waals surface area (Å²) < 4.78 is 13.8. The normalized spacial score (nSPS) is 14.5. The van der Waals surface area contributed by atoms with E-state index in [0.717, 1.165) is 12.8 Å². The Balaban J connectivity index is 2.26. The van der Waals surface area contributed by atoms with Gasteiger partial charge in [0.15, 0.2) is 0 Å². The van der Waals surface area contributed by atoms with E-state index >= 15 is 0 Å². The Labute approximate surface area is 119 Å². The molecule has 0 aromatic heterocycles. The number of benzene rings is 1. The third-order valence-corrected chi connectivity index (χ3v) is 3.78. The number of fused-ring (bicyclic) bond motifs is 1. The second kappa shape index (κ2) is 5.41. The van der Waals surface area contributed by atoms with Gasteiger partial charge in [-0.3, -0.25) is 9.59 Å². The van der Waals surface area contributed by atoms with E-state index in [-0.39, 0.29) is 10.0 Å². The molecule has 0 bridgehead atoms. The first-order valence-electron chi connectivity index (χ1n) is 6.27. The molecule has 0 radical (unpaired) electrons. The van der Waals surface area contributed by atoms with Crippen LogP contribution in [0, 0.1) is 11.7 Å². The molecule has 0 N–H and O–H groups in total. The number of carbonyl (C=O) groups is 2.